The molecule has 1 aliphatic rings. The highest BCUT2D eigenvalue weighted by atomic mass is 35.5. The first-order chi connectivity index (χ1) is 11.1. The van der Waals surface area contributed by atoms with Crippen LogP contribution in [0, 0.1) is 0 Å². The van der Waals surface area contributed by atoms with Gasteiger partial charge in [-0.05, 0) is 18.2 Å². The Labute approximate surface area is 136 Å². The van der Waals surface area contributed by atoms with Crippen molar-refractivity contribution < 1.29 is 19.4 Å². The third-order valence-electron chi connectivity index (χ3n) is 3.56. The Morgan fingerprint density at radius 2 is 2.26 bits per heavy atom. The number of nitrogens with zero attached hydrogens (tertiary/aromatic N) is 3. The molecule has 8 heteroatoms. The molecule has 1 saturated heterocycles. The van der Waals surface area contributed by atoms with E-state index in [1.54, 1.807) is 16.7 Å². The van der Waals surface area contributed by atoms with E-state index in [0.29, 0.717) is 23.0 Å². The van der Waals surface area contributed by atoms with Crippen molar-refractivity contribution in [2.24, 2.45) is 0 Å². The summed E-state index contributed by atoms with van der Waals surface area (Å²) < 4.78 is 6.86. The molecule has 2 aromatic rings. The van der Waals surface area contributed by atoms with Crippen LogP contribution in [-0.2, 0) is 14.3 Å². The number of morpholine rings is 1. The van der Waals surface area contributed by atoms with Crippen molar-refractivity contribution in [3.63, 3.8) is 0 Å². The second-order valence-corrected chi connectivity index (χ2v) is 5.39. The highest BCUT2D eigenvalue weighted by Crippen LogP contribution is 2.19. The number of carboxylic acid groups (broad SMARTS) is 1. The smallest absolute Gasteiger partial charge is 0.334 e. The van der Waals surface area contributed by atoms with Gasteiger partial charge >= 0.3 is 5.97 Å². The van der Waals surface area contributed by atoms with Gasteiger partial charge in [-0.15, -0.1) is 0 Å². The second kappa shape index (κ2) is 6.39. The molecule has 7 nitrogen and oxygen atoms in total. The third kappa shape index (κ3) is 3.20. The maximum absolute atomic E-state index is 12.2. The fourth-order valence-electron chi connectivity index (χ4n) is 2.39. The van der Waals surface area contributed by atoms with Crippen molar-refractivity contribution in [2.75, 3.05) is 19.7 Å². The van der Waals surface area contributed by atoms with Gasteiger partial charge in [0, 0.05) is 18.8 Å². The van der Waals surface area contributed by atoms with E-state index in [1.807, 2.05) is 18.2 Å². The molecule has 1 aliphatic heterocycles. The van der Waals surface area contributed by atoms with Crippen molar-refractivity contribution >= 4 is 35.2 Å². The number of fused-ring (bicyclic) bond motifs is 1. The number of carboxylic acids is 1. The number of pyridine rings is 1. The van der Waals surface area contributed by atoms with Crippen LogP contribution in [0.25, 0.3) is 11.7 Å². The zero-order chi connectivity index (χ0) is 16.4. The number of halogens is 1. The van der Waals surface area contributed by atoms with Crippen LogP contribution < -0.4 is 0 Å². The molecule has 120 valence electrons. The number of hydrogen-bond donors (Lipinski definition) is 1. The van der Waals surface area contributed by atoms with Crippen LogP contribution >= 0.6 is 11.6 Å². The number of hydrogen-bond acceptors (Lipinski definition) is 4. The van der Waals surface area contributed by atoms with E-state index >= 15 is 0 Å². The Bertz CT molecular complexity index is 786. The first kappa shape index (κ1) is 15.5. The van der Waals surface area contributed by atoms with Crippen LogP contribution in [0.5, 0.6) is 0 Å². The minimum absolute atomic E-state index is 0.0272. The van der Waals surface area contributed by atoms with Crippen LogP contribution in [-0.4, -0.2) is 57.1 Å². The lowest BCUT2D eigenvalue weighted by Gasteiger charge is -2.30. The minimum atomic E-state index is -1.07. The van der Waals surface area contributed by atoms with Crippen LogP contribution in [0.2, 0.25) is 5.15 Å². The molecule has 1 fully saturated rings. The maximum Gasteiger partial charge on any atom is 0.334 e. The summed E-state index contributed by atoms with van der Waals surface area (Å²) in [6.07, 6.45) is 3.76. The van der Waals surface area contributed by atoms with Crippen molar-refractivity contribution in [3.8, 4) is 0 Å². The maximum atomic E-state index is 12.2. The Kier molecular flexibility index (Phi) is 4.31. The molecule has 1 unspecified atom stereocenters. The molecular weight excluding hydrogens is 322 g/mol. The number of aromatic nitrogens is 2. The molecule has 3 heterocycles. The van der Waals surface area contributed by atoms with Crippen molar-refractivity contribution in [1.29, 1.82) is 0 Å². The summed E-state index contributed by atoms with van der Waals surface area (Å²) >= 11 is 6.10. The average Bonchev–Trinajstić information content (AvgIpc) is 2.88. The molecule has 1 amide bonds. The number of ether oxygens (including phenoxy) is 1. The predicted molar refractivity (Wildman–Crippen MR) is 83.2 cm³/mol. The monoisotopic (exact) mass is 335 g/mol. The molecule has 0 saturated carbocycles. The van der Waals surface area contributed by atoms with Crippen LogP contribution in [0.4, 0.5) is 0 Å². The number of amides is 1. The zero-order valence-electron chi connectivity index (χ0n) is 12.1. The largest absolute Gasteiger partial charge is 0.479 e. The SMILES string of the molecule is O=C(O)C1CN(C(=O)/C=C/c2c(Cl)nc3ccccn23)CCO1. The standard InChI is InChI=1S/C15H14ClN3O4/c16-14-10(19-6-2-1-3-12(19)17-14)4-5-13(20)18-7-8-23-11(9-18)15(21)22/h1-6,11H,7-9H2,(H,21,22)/b5-4+. The number of rotatable bonds is 3. The van der Waals surface area contributed by atoms with Crippen LogP contribution in [0.3, 0.4) is 0 Å². The van der Waals surface area contributed by atoms with Crippen LogP contribution in [0.1, 0.15) is 5.69 Å². The molecular formula is C15H14ClN3O4. The second-order valence-electron chi connectivity index (χ2n) is 5.03. The Morgan fingerprint density at radius 3 is 3.04 bits per heavy atom. The topological polar surface area (TPSA) is 84.1 Å². The van der Waals surface area contributed by atoms with Gasteiger partial charge in [0.2, 0.25) is 5.91 Å². The van der Waals surface area contributed by atoms with Gasteiger partial charge in [0.25, 0.3) is 0 Å². The molecule has 1 atom stereocenters. The Morgan fingerprint density at radius 1 is 1.43 bits per heavy atom. The fourth-order valence-corrected chi connectivity index (χ4v) is 2.63. The Balaban J connectivity index is 1.77. The van der Waals surface area contributed by atoms with Gasteiger partial charge in [-0.2, -0.15) is 0 Å². The molecule has 2 aromatic heterocycles. The quantitative estimate of drug-likeness (QED) is 0.855. The van der Waals surface area contributed by atoms with E-state index in [2.05, 4.69) is 4.98 Å². The zero-order valence-corrected chi connectivity index (χ0v) is 12.8. The number of carbonyl (C=O) groups is 2. The van der Waals surface area contributed by atoms with Gasteiger partial charge in [-0.3, -0.25) is 9.20 Å². The number of imidazole rings is 1. The summed E-state index contributed by atoms with van der Waals surface area (Å²) in [5, 5.41) is 9.26. The van der Waals surface area contributed by atoms with E-state index in [1.165, 1.54) is 11.0 Å². The molecule has 3 rings (SSSR count). The van der Waals surface area contributed by atoms with Gasteiger partial charge < -0.3 is 14.7 Å². The summed E-state index contributed by atoms with van der Waals surface area (Å²) in [5.41, 5.74) is 1.28. The van der Waals surface area contributed by atoms with Gasteiger partial charge in [0.1, 0.15) is 5.65 Å². The first-order valence-corrected chi connectivity index (χ1v) is 7.38. The summed E-state index contributed by atoms with van der Waals surface area (Å²) in [7, 11) is 0. The first-order valence-electron chi connectivity index (χ1n) is 7.00. The van der Waals surface area contributed by atoms with Crippen molar-refractivity contribution in [1.82, 2.24) is 14.3 Å². The molecule has 23 heavy (non-hydrogen) atoms. The third-order valence-corrected chi connectivity index (χ3v) is 3.84. The van der Waals surface area contributed by atoms with E-state index < -0.39 is 12.1 Å². The molecule has 0 bridgehead atoms. The lowest BCUT2D eigenvalue weighted by atomic mass is 10.2. The van der Waals surface area contributed by atoms with E-state index in [9.17, 15) is 9.59 Å². The lowest BCUT2D eigenvalue weighted by molar-refractivity contribution is -0.158. The van der Waals surface area contributed by atoms with E-state index in [4.69, 9.17) is 21.4 Å². The summed E-state index contributed by atoms with van der Waals surface area (Å²) in [6, 6.07) is 5.49. The summed E-state index contributed by atoms with van der Waals surface area (Å²) in [4.78, 5) is 28.8. The predicted octanol–water partition coefficient (Wildman–Crippen LogP) is 1.31. The van der Waals surface area contributed by atoms with Crippen LogP contribution in [0.15, 0.2) is 30.5 Å². The summed E-state index contributed by atoms with van der Waals surface area (Å²) in [6.45, 7) is 0.583. The van der Waals surface area contributed by atoms with Gasteiger partial charge in [-0.25, -0.2) is 9.78 Å². The number of carbonyl (C=O) groups excluding carboxylic acids is 1. The molecule has 0 aromatic carbocycles. The van der Waals surface area contributed by atoms with Crippen molar-refractivity contribution in [2.45, 2.75) is 6.10 Å². The normalized spacial score (nSPS) is 18.7. The molecule has 1 N–H and O–H groups in total. The van der Waals surface area contributed by atoms with E-state index in [0.717, 1.165) is 0 Å². The number of aliphatic carboxylic acids is 1. The Hall–Kier alpha value is -2.38. The highest BCUT2D eigenvalue weighted by molar-refractivity contribution is 6.31. The molecule has 0 radical (unpaired) electrons. The van der Waals surface area contributed by atoms with Gasteiger partial charge in [0.15, 0.2) is 11.3 Å². The fraction of sp³-hybridized carbons (Fsp3) is 0.267. The van der Waals surface area contributed by atoms with Crippen molar-refractivity contribution in [3.05, 3.63) is 41.3 Å². The minimum Gasteiger partial charge on any atom is -0.479 e. The highest BCUT2D eigenvalue weighted by Gasteiger charge is 2.28. The van der Waals surface area contributed by atoms with Gasteiger partial charge in [-0.1, -0.05) is 17.7 Å². The average molecular weight is 336 g/mol. The molecule has 0 spiro atoms. The lowest BCUT2D eigenvalue weighted by Crippen LogP contribution is -2.48. The van der Waals surface area contributed by atoms with E-state index in [-0.39, 0.29) is 19.1 Å². The summed E-state index contributed by atoms with van der Waals surface area (Å²) in [5.74, 6) is -1.36. The van der Waals surface area contributed by atoms with Gasteiger partial charge in [0.05, 0.1) is 18.8 Å². The molecule has 0 aliphatic carbocycles.